The van der Waals surface area contributed by atoms with Crippen LogP contribution in [-0.2, 0) is 40.4 Å². The van der Waals surface area contributed by atoms with Crippen LogP contribution in [0.1, 0.15) is 133 Å². The fourth-order valence-corrected chi connectivity index (χ4v) is 9.92. The Morgan fingerprint density at radius 2 is 0.905 bits per heavy atom. The Balaban J connectivity index is 1.59. The topological polar surface area (TPSA) is 54.8 Å². The van der Waals surface area contributed by atoms with Gasteiger partial charge in [-0.1, -0.05) is 144 Å². The van der Waals surface area contributed by atoms with Crippen LogP contribution >= 0.6 is 0 Å². The molecule has 0 spiro atoms. The number of aliphatic hydroxyl groups is 1. The number of fused-ring (bicyclic) bond motifs is 7. The van der Waals surface area contributed by atoms with E-state index in [2.05, 4.69) is 196 Å². The van der Waals surface area contributed by atoms with Crippen molar-refractivity contribution in [3.8, 4) is 22.6 Å². The zero-order chi connectivity index (χ0) is 45.4. The van der Waals surface area contributed by atoms with Gasteiger partial charge in [0, 0.05) is 59.0 Å². The molecule has 7 aromatic rings. The lowest BCUT2D eigenvalue weighted by atomic mass is 9.69. The van der Waals surface area contributed by atoms with Gasteiger partial charge in [0.25, 0.3) is 0 Å². The summed E-state index contributed by atoms with van der Waals surface area (Å²) in [6.45, 7) is 28.1. The normalized spacial score (nSPS) is 13.8. The van der Waals surface area contributed by atoms with Crippen molar-refractivity contribution in [1.29, 1.82) is 0 Å². The molecule has 0 amide bonds. The fourth-order valence-electron chi connectivity index (χ4n) is 9.92. The maximum Gasteiger partial charge on any atom is 0.141 e. The van der Waals surface area contributed by atoms with Crippen LogP contribution in [0.25, 0.3) is 32.7 Å². The Morgan fingerprint density at radius 3 is 1.38 bits per heavy atom. The minimum atomic E-state index is -1.65. The molecule has 0 radical (unpaired) electrons. The number of hydrogen-bond acceptors (Lipinski definition) is 5. The molecule has 1 aliphatic heterocycles. The van der Waals surface area contributed by atoms with E-state index in [1.165, 1.54) is 27.5 Å². The molecular weight excluding hydrogens is 773 g/mol. The number of aromatic nitrogens is 1. The average Bonchev–Trinajstić information content (AvgIpc) is 3.41. The second-order valence-corrected chi connectivity index (χ2v) is 21.8. The van der Waals surface area contributed by atoms with E-state index in [1.54, 1.807) is 14.2 Å². The van der Waals surface area contributed by atoms with E-state index in [-0.39, 0.29) is 21.7 Å². The molecule has 8 rings (SSSR count). The molecule has 5 nitrogen and oxygen atoms in total. The summed E-state index contributed by atoms with van der Waals surface area (Å²) >= 11 is 0. The number of pyridine rings is 1. The number of methoxy groups -OCH3 is 2. The second kappa shape index (κ2) is 15.6. The Kier molecular flexibility index (Phi) is 10.9. The van der Waals surface area contributed by atoms with Gasteiger partial charge in [-0.05, 0) is 119 Å². The van der Waals surface area contributed by atoms with E-state index >= 15 is 0 Å². The third-order valence-electron chi connectivity index (χ3n) is 13.2. The molecule has 6 aromatic carbocycles. The summed E-state index contributed by atoms with van der Waals surface area (Å²) in [7, 11) is 3.55. The minimum Gasteiger partial charge on any atom is -0.496 e. The van der Waals surface area contributed by atoms with E-state index in [0.29, 0.717) is 6.54 Å². The first-order valence-corrected chi connectivity index (χ1v) is 22.5. The summed E-state index contributed by atoms with van der Waals surface area (Å²) in [6, 6.07) is 37.5. The highest BCUT2D eigenvalue weighted by atomic mass is 16.5. The van der Waals surface area contributed by atoms with Gasteiger partial charge in [-0.15, -0.1) is 0 Å². The first-order valence-electron chi connectivity index (χ1n) is 22.5. The Hall–Kier alpha value is -5.65. The number of anilines is 1. The van der Waals surface area contributed by atoms with Crippen LogP contribution in [0.15, 0.2) is 116 Å². The lowest BCUT2D eigenvalue weighted by molar-refractivity contribution is 0.126. The standard InChI is InChI=1S/C58H66N2O3/c1-54(2,3)46-30-39(31-47(52(46)62-13)55(4,5)6)58(61,40-32-48(56(7,8)9)53(63-14)49(33-40)57(10,11)12)45-29-38-35-60(41-25-27-59-28-26-41)34-37-24-23-36-19-15-16-20-42(36)50(37)51(38)44-22-18-17-21-43(44)45/h15-33,61H,34-35H2,1-14H3. The van der Waals surface area contributed by atoms with Crippen LogP contribution in [0.3, 0.4) is 0 Å². The Labute approximate surface area is 376 Å². The van der Waals surface area contributed by atoms with Crippen molar-refractivity contribution < 1.29 is 14.6 Å². The first kappa shape index (κ1) is 44.0. The molecule has 326 valence electrons. The molecule has 1 aromatic heterocycles. The fraction of sp³-hybridized carbons (Fsp3) is 0.362. The van der Waals surface area contributed by atoms with Gasteiger partial charge in [-0.3, -0.25) is 4.98 Å². The zero-order valence-corrected chi connectivity index (χ0v) is 40.0. The molecule has 0 unspecified atom stereocenters. The van der Waals surface area contributed by atoms with E-state index in [0.717, 1.165) is 79.0 Å². The summed E-state index contributed by atoms with van der Waals surface area (Å²) in [5.74, 6) is 1.73. The predicted molar refractivity (Wildman–Crippen MR) is 264 cm³/mol. The minimum absolute atomic E-state index is 0.305. The van der Waals surface area contributed by atoms with Crippen molar-refractivity contribution in [1.82, 2.24) is 4.98 Å². The van der Waals surface area contributed by atoms with Crippen LogP contribution in [0, 0.1) is 0 Å². The van der Waals surface area contributed by atoms with Crippen molar-refractivity contribution in [2.24, 2.45) is 0 Å². The molecule has 0 bridgehead atoms. The smallest absolute Gasteiger partial charge is 0.141 e. The molecule has 0 aliphatic carbocycles. The molecule has 0 fully saturated rings. The van der Waals surface area contributed by atoms with Crippen LogP contribution < -0.4 is 14.4 Å². The van der Waals surface area contributed by atoms with Crippen LogP contribution in [0.2, 0.25) is 0 Å². The summed E-state index contributed by atoms with van der Waals surface area (Å²) < 4.78 is 12.7. The third-order valence-corrected chi connectivity index (χ3v) is 13.2. The van der Waals surface area contributed by atoms with Gasteiger partial charge in [0.15, 0.2) is 0 Å². The second-order valence-electron chi connectivity index (χ2n) is 21.8. The monoisotopic (exact) mass is 839 g/mol. The summed E-state index contributed by atoms with van der Waals surface area (Å²) in [5.41, 5.74) is 9.74. The SMILES string of the molecule is COc1c(C(C)(C)C)cc(C(O)(c2cc(C(C)(C)C)c(OC)c(C(C)(C)C)c2)c2cc3c(c4ccccc24)-c2c(ccc4ccccc24)CN(c2ccncc2)C3)cc1C(C)(C)C. The van der Waals surface area contributed by atoms with Gasteiger partial charge in [-0.25, -0.2) is 0 Å². The van der Waals surface area contributed by atoms with Crippen molar-refractivity contribution in [2.45, 2.75) is 123 Å². The molecule has 2 heterocycles. The number of benzene rings is 6. The molecule has 63 heavy (non-hydrogen) atoms. The number of ether oxygens (including phenoxy) is 2. The molecule has 1 aliphatic rings. The highest BCUT2D eigenvalue weighted by Gasteiger charge is 2.42. The average molecular weight is 839 g/mol. The maximum atomic E-state index is 14.8. The molecule has 0 saturated heterocycles. The van der Waals surface area contributed by atoms with Gasteiger partial charge in [0.1, 0.15) is 17.1 Å². The van der Waals surface area contributed by atoms with E-state index < -0.39 is 5.60 Å². The van der Waals surface area contributed by atoms with Gasteiger partial charge in [-0.2, -0.15) is 0 Å². The predicted octanol–water partition coefficient (Wildman–Crippen LogP) is 14.1. The Bertz CT molecular complexity index is 2710. The molecule has 1 N–H and O–H groups in total. The number of hydrogen-bond donors (Lipinski definition) is 1. The summed E-state index contributed by atoms with van der Waals surface area (Å²) in [5, 5.41) is 19.4. The van der Waals surface area contributed by atoms with Gasteiger partial charge < -0.3 is 19.5 Å². The van der Waals surface area contributed by atoms with Crippen LogP contribution in [0.5, 0.6) is 11.5 Å². The van der Waals surface area contributed by atoms with Crippen LogP contribution in [-0.4, -0.2) is 24.3 Å². The van der Waals surface area contributed by atoms with Crippen molar-refractivity contribution >= 4 is 27.2 Å². The lowest BCUT2D eigenvalue weighted by Crippen LogP contribution is -2.33. The van der Waals surface area contributed by atoms with Gasteiger partial charge >= 0.3 is 0 Å². The number of rotatable bonds is 6. The van der Waals surface area contributed by atoms with Gasteiger partial charge in [0.05, 0.1) is 14.2 Å². The van der Waals surface area contributed by atoms with Crippen molar-refractivity contribution in [3.63, 3.8) is 0 Å². The number of nitrogens with zero attached hydrogens (tertiary/aromatic N) is 2. The highest BCUT2D eigenvalue weighted by Crippen LogP contribution is 2.52. The van der Waals surface area contributed by atoms with Gasteiger partial charge in [0.2, 0.25) is 0 Å². The maximum absolute atomic E-state index is 14.8. The Morgan fingerprint density at radius 1 is 0.476 bits per heavy atom. The zero-order valence-electron chi connectivity index (χ0n) is 40.0. The molecule has 0 atom stereocenters. The quantitative estimate of drug-likeness (QED) is 0.169. The van der Waals surface area contributed by atoms with E-state index in [4.69, 9.17) is 9.47 Å². The van der Waals surface area contributed by atoms with E-state index in [9.17, 15) is 5.11 Å². The molecule has 5 heteroatoms. The summed E-state index contributed by atoms with van der Waals surface area (Å²) in [6.07, 6.45) is 3.75. The van der Waals surface area contributed by atoms with Crippen molar-refractivity contribution in [2.75, 3.05) is 19.1 Å². The largest absolute Gasteiger partial charge is 0.496 e. The molecule has 0 saturated carbocycles. The summed E-state index contributed by atoms with van der Waals surface area (Å²) in [4.78, 5) is 6.84. The van der Waals surface area contributed by atoms with E-state index in [1.807, 2.05) is 12.4 Å². The first-order chi connectivity index (χ1) is 29.6. The highest BCUT2D eigenvalue weighted by molar-refractivity contribution is 6.09. The third kappa shape index (κ3) is 7.67. The van der Waals surface area contributed by atoms with Crippen molar-refractivity contribution in [3.05, 3.63) is 166 Å². The molecular formula is C58H66N2O3. The lowest BCUT2D eigenvalue weighted by Gasteiger charge is -2.38. The van der Waals surface area contributed by atoms with Crippen LogP contribution in [0.4, 0.5) is 5.69 Å².